The van der Waals surface area contributed by atoms with Gasteiger partial charge in [-0.25, -0.2) is 0 Å². The Kier molecular flexibility index (Phi) is 7.92. The molecule has 18 heavy (non-hydrogen) atoms. The van der Waals surface area contributed by atoms with Gasteiger partial charge in [0.2, 0.25) is 0 Å². The highest BCUT2D eigenvalue weighted by molar-refractivity contribution is 4.83. The van der Waals surface area contributed by atoms with Gasteiger partial charge in [-0.05, 0) is 56.4 Å². The first-order chi connectivity index (χ1) is 8.67. The molecule has 1 fully saturated rings. The molecule has 1 N–H and O–H groups in total. The second kappa shape index (κ2) is 8.92. The van der Waals surface area contributed by atoms with Crippen LogP contribution in [0.4, 0.5) is 0 Å². The Labute approximate surface area is 114 Å². The maximum absolute atomic E-state index is 5.66. The van der Waals surface area contributed by atoms with Crippen molar-refractivity contribution < 1.29 is 4.74 Å². The Balaban J connectivity index is 2.38. The Bertz CT molecular complexity index is 197. The van der Waals surface area contributed by atoms with E-state index < -0.39 is 0 Å². The van der Waals surface area contributed by atoms with Gasteiger partial charge in [-0.1, -0.05) is 27.7 Å². The molecule has 2 heteroatoms. The second-order valence-corrected chi connectivity index (χ2v) is 6.24. The molecule has 1 saturated carbocycles. The van der Waals surface area contributed by atoms with Crippen LogP contribution >= 0.6 is 0 Å². The third kappa shape index (κ3) is 5.71. The van der Waals surface area contributed by atoms with Crippen LogP contribution in [0.5, 0.6) is 0 Å². The van der Waals surface area contributed by atoms with E-state index in [1.54, 1.807) is 0 Å². The summed E-state index contributed by atoms with van der Waals surface area (Å²) in [6.45, 7) is 12.1. The van der Waals surface area contributed by atoms with Gasteiger partial charge in [0.15, 0.2) is 0 Å². The van der Waals surface area contributed by atoms with Gasteiger partial charge >= 0.3 is 0 Å². The lowest BCUT2D eigenvalue weighted by Gasteiger charge is -2.37. The molecule has 1 aliphatic rings. The standard InChI is InChI=1S/C16H33NO/c1-5-8-18-9-7-16(17-6-2)15-11-13(3)10-14(4)12-15/h13-17H,5-12H2,1-4H3. The Hall–Kier alpha value is -0.0800. The fourth-order valence-corrected chi connectivity index (χ4v) is 3.56. The zero-order chi connectivity index (χ0) is 13.4. The molecule has 3 atom stereocenters. The summed E-state index contributed by atoms with van der Waals surface area (Å²) in [5.74, 6) is 2.65. The van der Waals surface area contributed by atoms with E-state index in [9.17, 15) is 0 Å². The third-order valence-corrected chi connectivity index (χ3v) is 4.17. The van der Waals surface area contributed by atoms with Crippen LogP contribution < -0.4 is 5.32 Å². The molecule has 0 aromatic rings. The van der Waals surface area contributed by atoms with Crippen molar-refractivity contribution in [1.82, 2.24) is 5.32 Å². The second-order valence-electron chi connectivity index (χ2n) is 6.24. The van der Waals surface area contributed by atoms with Gasteiger partial charge in [0, 0.05) is 19.3 Å². The van der Waals surface area contributed by atoms with Crippen molar-refractivity contribution >= 4 is 0 Å². The fraction of sp³-hybridized carbons (Fsp3) is 1.00. The van der Waals surface area contributed by atoms with Crippen LogP contribution in [-0.4, -0.2) is 25.8 Å². The highest BCUT2D eigenvalue weighted by atomic mass is 16.5. The lowest BCUT2D eigenvalue weighted by Crippen LogP contribution is -2.40. The summed E-state index contributed by atoms with van der Waals surface area (Å²) < 4.78 is 5.66. The fourth-order valence-electron chi connectivity index (χ4n) is 3.56. The van der Waals surface area contributed by atoms with Gasteiger partial charge in [0.05, 0.1) is 0 Å². The Morgan fingerprint density at radius 2 is 1.72 bits per heavy atom. The molecule has 0 radical (unpaired) electrons. The molecule has 0 spiro atoms. The molecule has 0 amide bonds. The van der Waals surface area contributed by atoms with Gasteiger partial charge in [-0.2, -0.15) is 0 Å². The van der Waals surface area contributed by atoms with E-state index in [0.29, 0.717) is 6.04 Å². The Morgan fingerprint density at radius 3 is 2.28 bits per heavy atom. The quantitative estimate of drug-likeness (QED) is 0.665. The van der Waals surface area contributed by atoms with Gasteiger partial charge in [0.1, 0.15) is 0 Å². The number of hydrogen-bond acceptors (Lipinski definition) is 2. The van der Waals surface area contributed by atoms with Crippen molar-refractivity contribution in [3.05, 3.63) is 0 Å². The molecule has 0 heterocycles. The molecular weight excluding hydrogens is 222 g/mol. The third-order valence-electron chi connectivity index (χ3n) is 4.17. The first-order valence-electron chi connectivity index (χ1n) is 7.98. The summed E-state index contributed by atoms with van der Waals surface area (Å²) in [5.41, 5.74) is 0. The normalized spacial score (nSPS) is 30.3. The van der Waals surface area contributed by atoms with Crippen LogP contribution in [-0.2, 0) is 4.74 Å². The molecule has 0 aromatic heterocycles. The van der Waals surface area contributed by atoms with Gasteiger partial charge in [-0.3, -0.25) is 0 Å². The van der Waals surface area contributed by atoms with Gasteiger partial charge < -0.3 is 10.1 Å². The van der Waals surface area contributed by atoms with E-state index in [-0.39, 0.29) is 0 Å². The van der Waals surface area contributed by atoms with Crippen LogP contribution in [0.2, 0.25) is 0 Å². The van der Waals surface area contributed by atoms with Crippen molar-refractivity contribution in [1.29, 1.82) is 0 Å². The van der Waals surface area contributed by atoms with Gasteiger partial charge in [0.25, 0.3) is 0 Å². The van der Waals surface area contributed by atoms with E-state index in [2.05, 4.69) is 33.0 Å². The molecule has 3 unspecified atom stereocenters. The molecular formula is C16H33NO. The summed E-state index contributed by atoms with van der Waals surface area (Å²) in [4.78, 5) is 0. The van der Waals surface area contributed by atoms with E-state index in [1.165, 1.54) is 25.7 Å². The van der Waals surface area contributed by atoms with Crippen LogP contribution in [0.3, 0.4) is 0 Å². The van der Waals surface area contributed by atoms with Crippen molar-refractivity contribution in [3.63, 3.8) is 0 Å². The molecule has 0 bridgehead atoms. The van der Waals surface area contributed by atoms with Crippen molar-refractivity contribution in [2.45, 2.75) is 65.8 Å². The molecule has 0 aliphatic heterocycles. The zero-order valence-corrected chi connectivity index (χ0v) is 12.9. The highest BCUT2D eigenvalue weighted by Crippen LogP contribution is 2.35. The van der Waals surface area contributed by atoms with Crippen molar-refractivity contribution in [2.24, 2.45) is 17.8 Å². The number of nitrogens with one attached hydrogen (secondary N) is 1. The van der Waals surface area contributed by atoms with Crippen LogP contribution in [0.15, 0.2) is 0 Å². The lowest BCUT2D eigenvalue weighted by atomic mass is 9.73. The average molecular weight is 255 g/mol. The SMILES string of the molecule is CCCOCCC(NCC)C1CC(C)CC(C)C1. The highest BCUT2D eigenvalue weighted by Gasteiger charge is 2.29. The maximum atomic E-state index is 5.66. The van der Waals surface area contributed by atoms with E-state index in [4.69, 9.17) is 4.74 Å². The van der Waals surface area contributed by atoms with Crippen LogP contribution in [0, 0.1) is 17.8 Å². The molecule has 0 saturated heterocycles. The monoisotopic (exact) mass is 255 g/mol. The predicted molar refractivity (Wildman–Crippen MR) is 78.9 cm³/mol. The van der Waals surface area contributed by atoms with Crippen LogP contribution in [0.1, 0.15) is 59.8 Å². The van der Waals surface area contributed by atoms with Gasteiger partial charge in [-0.15, -0.1) is 0 Å². The summed E-state index contributed by atoms with van der Waals surface area (Å²) in [7, 11) is 0. The molecule has 0 aromatic carbocycles. The Morgan fingerprint density at radius 1 is 1.06 bits per heavy atom. The van der Waals surface area contributed by atoms with E-state index >= 15 is 0 Å². The maximum Gasteiger partial charge on any atom is 0.0480 e. The van der Waals surface area contributed by atoms with E-state index in [0.717, 1.165) is 43.9 Å². The summed E-state index contributed by atoms with van der Waals surface area (Å²) >= 11 is 0. The lowest BCUT2D eigenvalue weighted by molar-refractivity contribution is 0.103. The first-order valence-corrected chi connectivity index (χ1v) is 7.98. The largest absolute Gasteiger partial charge is 0.381 e. The number of hydrogen-bond donors (Lipinski definition) is 1. The first kappa shape index (κ1) is 16.0. The molecule has 2 nitrogen and oxygen atoms in total. The summed E-state index contributed by atoms with van der Waals surface area (Å²) in [6, 6.07) is 0.664. The van der Waals surface area contributed by atoms with E-state index in [1.807, 2.05) is 0 Å². The summed E-state index contributed by atoms with van der Waals surface area (Å²) in [6.07, 6.45) is 6.52. The smallest absolute Gasteiger partial charge is 0.0480 e. The minimum Gasteiger partial charge on any atom is -0.381 e. The average Bonchev–Trinajstić information content (AvgIpc) is 2.32. The number of ether oxygens (including phenoxy) is 1. The summed E-state index contributed by atoms with van der Waals surface area (Å²) in [5, 5.41) is 3.69. The van der Waals surface area contributed by atoms with Crippen LogP contribution in [0.25, 0.3) is 0 Å². The minimum absolute atomic E-state index is 0.664. The number of rotatable bonds is 8. The predicted octanol–water partition coefficient (Wildman–Crippen LogP) is 3.85. The molecule has 1 aliphatic carbocycles. The topological polar surface area (TPSA) is 21.3 Å². The molecule has 108 valence electrons. The van der Waals surface area contributed by atoms with Crippen molar-refractivity contribution in [3.8, 4) is 0 Å². The minimum atomic E-state index is 0.664. The van der Waals surface area contributed by atoms with Crippen molar-refractivity contribution in [2.75, 3.05) is 19.8 Å². The molecule has 1 rings (SSSR count). The zero-order valence-electron chi connectivity index (χ0n) is 12.9.